The number of esters is 1. The van der Waals surface area contributed by atoms with Crippen LogP contribution in [0.25, 0.3) is 0 Å². The van der Waals surface area contributed by atoms with Gasteiger partial charge in [-0.3, -0.25) is 24.2 Å². The van der Waals surface area contributed by atoms with Crippen LogP contribution in [0.3, 0.4) is 0 Å². The third-order valence-electron chi connectivity index (χ3n) is 8.02. The molecule has 0 bridgehead atoms. The highest BCUT2D eigenvalue weighted by atomic mass is 35.5. The predicted molar refractivity (Wildman–Crippen MR) is 168 cm³/mol. The van der Waals surface area contributed by atoms with Crippen molar-refractivity contribution in [1.82, 2.24) is 24.4 Å². The number of anilines is 1. The Labute approximate surface area is 278 Å². The number of aliphatic carboxylic acids is 1. The molecule has 2 aliphatic heterocycles. The first kappa shape index (κ1) is 37.0. The van der Waals surface area contributed by atoms with Gasteiger partial charge in [0, 0.05) is 57.3 Å². The van der Waals surface area contributed by atoms with Crippen LogP contribution in [0.2, 0.25) is 0 Å². The van der Waals surface area contributed by atoms with Gasteiger partial charge in [0.25, 0.3) is 5.91 Å². The molecule has 18 heteroatoms. The second-order valence-electron chi connectivity index (χ2n) is 10.8. The van der Waals surface area contributed by atoms with Gasteiger partial charge in [-0.2, -0.15) is 4.72 Å². The molecule has 1 aromatic carbocycles. The molecule has 256 valence electrons. The number of carbonyl (C=O) groups excluding carboxylic acids is 4. The number of halogens is 1. The van der Waals surface area contributed by atoms with Crippen molar-refractivity contribution in [2.75, 3.05) is 64.9 Å². The highest BCUT2D eigenvalue weighted by molar-refractivity contribution is 7.89. The maximum absolute atomic E-state index is 14.2. The maximum Gasteiger partial charge on any atom is 0.341 e. The lowest BCUT2D eigenvalue weighted by atomic mass is 9.93. The van der Waals surface area contributed by atoms with E-state index in [0.29, 0.717) is 31.9 Å². The lowest BCUT2D eigenvalue weighted by molar-refractivity contribution is -0.177. The number of piperazine rings is 2. The molecule has 47 heavy (non-hydrogen) atoms. The number of carbonyl (C=O) groups is 5. The summed E-state index contributed by atoms with van der Waals surface area (Å²) in [5.74, 6) is -4.68. The van der Waals surface area contributed by atoms with Gasteiger partial charge in [0.1, 0.15) is 18.3 Å². The second kappa shape index (κ2) is 15.4. The van der Waals surface area contributed by atoms with Crippen molar-refractivity contribution in [3.05, 3.63) is 48.8 Å². The van der Waals surface area contributed by atoms with E-state index in [1.54, 1.807) is 12.4 Å². The minimum Gasteiger partial charge on any atom is -0.497 e. The van der Waals surface area contributed by atoms with Crippen LogP contribution in [-0.4, -0.2) is 134 Å². The summed E-state index contributed by atoms with van der Waals surface area (Å²) in [5, 5.41) is 9.26. The van der Waals surface area contributed by atoms with E-state index < -0.39 is 64.2 Å². The largest absolute Gasteiger partial charge is 0.497 e. The molecule has 1 aromatic heterocycles. The van der Waals surface area contributed by atoms with Crippen molar-refractivity contribution in [2.45, 2.75) is 29.8 Å². The molecule has 2 aliphatic rings. The zero-order valence-corrected chi connectivity index (χ0v) is 27.7. The standard InChI is InChI=1S/C29H36N6O10S.ClH/c1-29(28(41)45-3)27(40)34(19-25(37)38)16-17-35(29)26(39)23(31-46(42,43)22-6-4-21(44-2)5-7-22)18-24(36)33-14-12-32(13-15-33)20-8-10-30-11-9-20;/h4-11,23,31H,12-19H2,1-3H3,(H,37,38);1H. The van der Waals surface area contributed by atoms with E-state index in [9.17, 15) is 37.5 Å². The van der Waals surface area contributed by atoms with Gasteiger partial charge in [-0.25, -0.2) is 13.2 Å². The van der Waals surface area contributed by atoms with Crippen LogP contribution >= 0.6 is 12.4 Å². The van der Waals surface area contributed by atoms with Gasteiger partial charge in [0.15, 0.2) is 0 Å². The minimum absolute atomic E-state index is 0. The predicted octanol–water partition coefficient (Wildman–Crippen LogP) is -0.415. The normalized spacial score (nSPS) is 19.0. The maximum atomic E-state index is 14.2. The fraction of sp³-hybridized carbons (Fsp3) is 0.448. The quantitative estimate of drug-likeness (QED) is 0.228. The zero-order valence-electron chi connectivity index (χ0n) is 26.0. The van der Waals surface area contributed by atoms with Gasteiger partial charge in [-0.05, 0) is 43.3 Å². The third-order valence-corrected chi connectivity index (χ3v) is 9.50. The number of nitrogens with one attached hydrogen (secondary N) is 1. The molecule has 0 radical (unpaired) electrons. The molecule has 3 heterocycles. The summed E-state index contributed by atoms with van der Waals surface area (Å²) in [6.45, 7) is 1.32. The number of carboxylic acids is 1. The molecular formula is C29H37ClN6O10S. The number of sulfonamides is 1. The Bertz CT molecular complexity index is 1570. The molecule has 2 atom stereocenters. The summed E-state index contributed by atoms with van der Waals surface area (Å²) in [6.07, 6.45) is 2.70. The topological polar surface area (TPSA) is 196 Å². The Morgan fingerprint density at radius 2 is 1.60 bits per heavy atom. The van der Waals surface area contributed by atoms with Crippen molar-refractivity contribution in [3.8, 4) is 5.75 Å². The Morgan fingerprint density at radius 1 is 0.979 bits per heavy atom. The molecule has 2 fully saturated rings. The van der Waals surface area contributed by atoms with Gasteiger partial charge in [0.05, 0.1) is 25.5 Å². The highest BCUT2D eigenvalue weighted by Gasteiger charge is 2.56. The van der Waals surface area contributed by atoms with Crippen LogP contribution in [0, 0.1) is 0 Å². The van der Waals surface area contributed by atoms with Crippen molar-refractivity contribution >= 4 is 57.8 Å². The molecule has 2 N–H and O–H groups in total. The summed E-state index contributed by atoms with van der Waals surface area (Å²) in [7, 11) is -2.01. The van der Waals surface area contributed by atoms with Crippen LogP contribution in [-0.2, 0) is 38.7 Å². The summed E-state index contributed by atoms with van der Waals surface area (Å²) in [4.78, 5) is 74.7. The fourth-order valence-corrected chi connectivity index (χ4v) is 6.65. The van der Waals surface area contributed by atoms with E-state index in [1.807, 2.05) is 12.1 Å². The lowest BCUT2D eigenvalue weighted by Gasteiger charge is -2.46. The van der Waals surface area contributed by atoms with Crippen LogP contribution in [0.15, 0.2) is 53.7 Å². The van der Waals surface area contributed by atoms with E-state index in [0.717, 1.165) is 29.5 Å². The van der Waals surface area contributed by atoms with Crippen LogP contribution < -0.4 is 14.4 Å². The molecule has 16 nitrogen and oxygen atoms in total. The average molecular weight is 697 g/mol. The monoisotopic (exact) mass is 696 g/mol. The van der Waals surface area contributed by atoms with E-state index in [1.165, 1.54) is 36.3 Å². The number of hydrogen-bond donors (Lipinski definition) is 2. The lowest BCUT2D eigenvalue weighted by Crippen LogP contribution is -2.72. The molecule has 2 aromatic rings. The average Bonchev–Trinajstić information content (AvgIpc) is 3.06. The van der Waals surface area contributed by atoms with Gasteiger partial charge in [-0.15, -0.1) is 12.4 Å². The third kappa shape index (κ3) is 8.09. The van der Waals surface area contributed by atoms with Crippen molar-refractivity contribution in [1.29, 1.82) is 0 Å². The Morgan fingerprint density at radius 3 is 2.15 bits per heavy atom. The number of ether oxygens (including phenoxy) is 2. The van der Waals surface area contributed by atoms with Crippen LogP contribution in [0.4, 0.5) is 5.69 Å². The molecule has 4 rings (SSSR count). The molecule has 3 amide bonds. The second-order valence-corrected chi connectivity index (χ2v) is 12.5. The highest BCUT2D eigenvalue weighted by Crippen LogP contribution is 2.27. The van der Waals surface area contributed by atoms with E-state index in [-0.39, 0.29) is 30.4 Å². The number of benzene rings is 1. The van der Waals surface area contributed by atoms with Gasteiger partial charge < -0.3 is 34.2 Å². The smallest absolute Gasteiger partial charge is 0.341 e. The zero-order chi connectivity index (χ0) is 33.6. The number of hydrogen-bond acceptors (Lipinski definition) is 11. The number of amides is 3. The first-order valence-corrected chi connectivity index (χ1v) is 15.8. The van der Waals surface area contributed by atoms with E-state index in [4.69, 9.17) is 9.47 Å². The summed E-state index contributed by atoms with van der Waals surface area (Å²) >= 11 is 0. The van der Waals surface area contributed by atoms with Gasteiger partial charge in [-0.1, -0.05) is 0 Å². The van der Waals surface area contributed by atoms with Crippen molar-refractivity contribution < 1.29 is 47.0 Å². The number of nitrogens with zero attached hydrogens (tertiary/aromatic N) is 5. The number of aromatic nitrogens is 1. The Kier molecular flexibility index (Phi) is 12.1. The molecule has 0 saturated carbocycles. The SMILES string of the molecule is COC(=O)C1(C)C(=O)N(CC(=O)O)CCN1C(=O)C(CC(=O)N1CCN(c2ccncc2)CC1)NS(=O)(=O)c1ccc(OC)cc1.Cl. The fourth-order valence-electron chi connectivity index (χ4n) is 5.46. The number of pyridine rings is 1. The summed E-state index contributed by atoms with van der Waals surface area (Å²) in [6, 6.07) is 7.29. The van der Waals surface area contributed by atoms with Crippen molar-refractivity contribution in [2.24, 2.45) is 0 Å². The molecule has 2 unspecified atom stereocenters. The molecule has 0 aliphatic carbocycles. The minimum atomic E-state index is -4.42. The molecule has 0 spiro atoms. The first-order valence-electron chi connectivity index (χ1n) is 14.3. The molecular weight excluding hydrogens is 660 g/mol. The molecule has 2 saturated heterocycles. The number of rotatable bonds is 11. The summed E-state index contributed by atoms with van der Waals surface area (Å²) in [5.41, 5.74) is -1.40. The van der Waals surface area contributed by atoms with Crippen LogP contribution in [0.1, 0.15) is 13.3 Å². The number of methoxy groups -OCH3 is 2. The van der Waals surface area contributed by atoms with E-state index >= 15 is 0 Å². The van der Waals surface area contributed by atoms with Crippen molar-refractivity contribution in [3.63, 3.8) is 0 Å². The first-order chi connectivity index (χ1) is 21.8. The van der Waals surface area contributed by atoms with E-state index in [2.05, 4.69) is 14.6 Å². The van der Waals surface area contributed by atoms with Gasteiger partial charge >= 0.3 is 11.9 Å². The Balaban J connectivity index is 0.00000600. The van der Waals surface area contributed by atoms with Crippen LogP contribution in [0.5, 0.6) is 5.75 Å². The Hall–Kier alpha value is -4.48. The van der Waals surface area contributed by atoms with Gasteiger partial charge in [0.2, 0.25) is 27.4 Å². The summed E-state index contributed by atoms with van der Waals surface area (Å²) < 4.78 is 39.2. The number of carboxylic acid groups (broad SMARTS) is 1.